The Hall–Kier alpha value is -1.26. The van der Waals surface area contributed by atoms with Crippen LogP contribution in [0.15, 0.2) is 29.8 Å². The van der Waals surface area contributed by atoms with Gasteiger partial charge in [-0.1, -0.05) is 24.1 Å². The van der Waals surface area contributed by atoms with Gasteiger partial charge in [-0.2, -0.15) is 0 Å². The van der Waals surface area contributed by atoms with Crippen LogP contribution < -0.4 is 11.3 Å². The van der Waals surface area contributed by atoms with Crippen LogP contribution in [0.25, 0.3) is 0 Å². The topological polar surface area (TPSA) is 38.0 Å². The Balaban J connectivity index is 2.35. The second kappa shape index (κ2) is 6.07. The van der Waals surface area contributed by atoms with Crippen molar-refractivity contribution in [2.45, 2.75) is 38.1 Å². The first-order chi connectivity index (χ1) is 8.74. The highest BCUT2D eigenvalue weighted by Gasteiger charge is 2.22. The molecule has 1 aliphatic rings. The van der Waals surface area contributed by atoms with Gasteiger partial charge in [0.1, 0.15) is 11.6 Å². The lowest BCUT2D eigenvalue weighted by atomic mass is 9.95. The van der Waals surface area contributed by atoms with Gasteiger partial charge in [-0.25, -0.2) is 14.2 Å². The van der Waals surface area contributed by atoms with Crippen LogP contribution in [0.4, 0.5) is 8.78 Å². The summed E-state index contributed by atoms with van der Waals surface area (Å²) in [6, 6.07) is 3.33. The third-order valence-corrected chi connectivity index (χ3v) is 3.40. The van der Waals surface area contributed by atoms with Gasteiger partial charge < -0.3 is 0 Å². The first-order valence-electron chi connectivity index (χ1n) is 6.33. The van der Waals surface area contributed by atoms with Crippen molar-refractivity contribution in [2.75, 3.05) is 0 Å². The largest absolute Gasteiger partial charge is 0.271 e. The molecule has 0 aromatic heterocycles. The highest BCUT2D eigenvalue weighted by atomic mass is 19.1. The van der Waals surface area contributed by atoms with E-state index in [9.17, 15) is 8.78 Å². The van der Waals surface area contributed by atoms with E-state index in [2.05, 4.69) is 11.5 Å². The number of halogens is 2. The van der Waals surface area contributed by atoms with Crippen molar-refractivity contribution in [3.8, 4) is 0 Å². The minimum absolute atomic E-state index is 0.0214. The van der Waals surface area contributed by atoms with Crippen LogP contribution in [0.1, 0.15) is 43.7 Å². The maximum Gasteiger partial charge on any atom is 0.131 e. The van der Waals surface area contributed by atoms with E-state index in [4.69, 9.17) is 5.84 Å². The molecule has 0 saturated heterocycles. The van der Waals surface area contributed by atoms with Gasteiger partial charge in [0, 0.05) is 5.56 Å². The molecule has 1 aliphatic carbocycles. The molecule has 18 heavy (non-hydrogen) atoms. The Bertz CT molecular complexity index is 423. The molecule has 1 aromatic carbocycles. The third kappa shape index (κ3) is 2.76. The zero-order valence-corrected chi connectivity index (χ0v) is 10.3. The van der Waals surface area contributed by atoms with Crippen LogP contribution in [0.2, 0.25) is 0 Å². The Morgan fingerprint density at radius 1 is 1.11 bits per heavy atom. The predicted octanol–water partition coefficient (Wildman–Crippen LogP) is 3.36. The van der Waals surface area contributed by atoms with Crippen LogP contribution in [0, 0.1) is 11.6 Å². The summed E-state index contributed by atoms with van der Waals surface area (Å²) in [4.78, 5) is 0. The van der Waals surface area contributed by atoms with Crippen molar-refractivity contribution in [2.24, 2.45) is 5.84 Å². The highest BCUT2D eigenvalue weighted by Crippen LogP contribution is 2.31. The first kappa shape index (κ1) is 13.2. The first-order valence-corrected chi connectivity index (χ1v) is 6.33. The van der Waals surface area contributed by atoms with Crippen LogP contribution in [0.3, 0.4) is 0 Å². The van der Waals surface area contributed by atoms with Gasteiger partial charge in [0.2, 0.25) is 0 Å². The average molecular weight is 252 g/mol. The van der Waals surface area contributed by atoms with Crippen LogP contribution in [-0.2, 0) is 0 Å². The van der Waals surface area contributed by atoms with Crippen molar-refractivity contribution in [3.05, 3.63) is 47.0 Å². The van der Waals surface area contributed by atoms with E-state index in [-0.39, 0.29) is 5.56 Å². The van der Waals surface area contributed by atoms with Gasteiger partial charge in [-0.15, -0.1) is 0 Å². The molecule has 0 aliphatic heterocycles. The molecule has 0 amide bonds. The summed E-state index contributed by atoms with van der Waals surface area (Å²) in [5.41, 5.74) is 3.56. The van der Waals surface area contributed by atoms with Gasteiger partial charge >= 0.3 is 0 Å². The molecule has 3 N–H and O–H groups in total. The third-order valence-electron chi connectivity index (χ3n) is 3.40. The van der Waals surface area contributed by atoms with E-state index in [1.165, 1.54) is 18.2 Å². The minimum atomic E-state index is -0.565. The van der Waals surface area contributed by atoms with Crippen molar-refractivity contribution in [1.82, 2.24) is 5.43 Å². The maximum atomic E-state index is 13.8. The van der Waals surface area contributed by atoms with Crippen molar-refractivity contribution < 1.29 is 8.78 Å². The quantitative estimate of drug-likeness (QED) is 0.492. The second-order valence-corrected chi connectivity index (χ2v) is 4.61. The lowest BCUT2D eigenvalue weighted by Gasteiger charge is -2.20. The molecule has 0 fully saturated rings. The number of nitrogens with one attached hydrogen (secondary N) is 1. The van der Waals surface area contributed by atoms with E-state index in [1.807, 2.05) is 0 Å². The lowest BCUT2D eigenvalue weighted by molar-refractivity contribution is 0.498. The van der Waals surface area contributed by atoms with Crippen molar-refractivity contribution in [1.29, 1.82) is 0 Å². The van der Waals surface area contributed by atoms with Crippen LogP contribution >= 0.6 is 0 Å². The fourth-order valence-corrected chi connectivity index (χ4v) is 2.46. The van der Waals surface area contributed by atoms with E-state index < -0.39 is 17.7 Å². The lowest BCUT2D eigenvalue weighted by Crippen LogP contribution is -2.31. The highest BCUT2D eigenvalue weighted by molar-refractivity contribution is 5.31. The monoisotopic (exact) mass is 252 g/mol. The maximum absolute atomic E-state index is 13.8. The Morgan fingerprint density at radius 3 is 2.50 bits per heavy atom. The summed E-state index contributed by atoms with van der Waals surface area (Å²) in [5, 5.41) is 0. The van der Waals surface area contributed by atoms with Crippen LogP contribution in [-0.4, -0.2) is 0 Å². The van der Waals surface area contributed by atoms with Crippen molar-refractivity contribution in [3.63, 3.8) is 0 Å². The van der Waals surface area contributed by atoms with E-state index in [0.717, 1.165) is 37.7 Å². The molecular weight excluding hydrogens is 234 g/mol. The van der Waals surface area contributed by atoms with E-state index in [0.29, 0.717) is 0 Å². The molecule has 1 unspecified atom stereocenters. The summed E-state index contributed by atoms with van der Waals surface area (Å²) in [7, 11) is 0. The molecule has 2 rings (SSSR count). The molecule has 2 nitrogen and oxygen atoms in total. The molecule has 98 valence electrons. The number of nitrogens with two attached hydrogens (primary N) is 1. The summed E-state index contributed by atoms with van der Waals surface area (Å²) >= 11 is 0. The number of allylic oxidation sites excluding steroid dienone is 1. The van der Waals surface area contributed by atoms with Gasteiger partial charge in [0.15, 0.2) is 0 Å². The Labute approximate surface area is 106 Å². The summed E-state index contributed by atoms with van der Waals surface area (Å²) in [6.07, 6.45) is 7.16. The number of rotatable bonds is 3. The number of hydrogen-bond donors (Lipinski definition) is 2. The van der Waals surface area contributed by atoms with E-state index >= 15 is 0 Å². The molecule has 1 atom stereocenters. The number of hydrazine groups is 1. The number of hydrogen-bond acceptors (Lipinski definition) is 2. The Kier molecular flexibility index (Phi) is 4.44. The van der Waals surface area contributed by atoms with Gasteiger partial charge in [-0.05, 0) is 37.8 Å². The normalized spacial score (nSPS) is 18.1. The molecule has 0 radical (unpaired) electrons. The average Bonchev–Trinajstić information content (AvgIpc) is 2.63. The zero-order valence-electron chi connectivity index (χ0n) is 10.3. The SMILES string of the molecule is NNC(C1=CCCCCC1)c1c(F)cccc1F. The standard InChI is InChI=1S/C14H18F2N2/c15-11-8-5-9-12(16)13(11)14(18-17)10-6-3-1-2-4-7-10/h5-6,8-9,14,18H,1-4,7,17H2. The molecule has 1 aromatic rings. The second-order valence-electron chi connectivity index (χ2n) is 4.61. The smallest absolute Gasteiger partial charge is 0.131 e. The molecule has 0 saturated carbocycles. The zero-order chi connectivity index (χ0) is 13.0. The van der Waals surface area contributed by atoms with E-state index in [1.54, 1.807) is 0 Å². The molecule has 0 spiro atoms. The molecule has 0 heterocycles. The number of benzene rings is 1. The Morgan fingerprint density at radius 2 is 1.83 bits per heavy atom. The predicted molar refractivity (Wildman–Crippen MR) is 67.6 cm³/mol. The summed E-state index contributed by atoms with van der Waals surface area (Å²) < 4.78 is 27.6. The molecular formula is C14H18F2N2. The van der Waals surface area contributed by atoms with Gasteiger partial charge in [0.25, 0.3) is 0 Å². The molecule has 0 bridgehead atoms. The van der Waals surface area contributed by atoms with Gasteiger partial charge in [-0.3, -0.25) is 5.84 Å². The summed E-state index contributed by atoms with van der Waals surface area (Å²) in [6.45, 7) is 0. The fraction of sp³-hybridized carbons (Fsp3) is 0.429. The van der Waals surface area contributed by atoms with Crippen molar-refractivity contribution >= 4 is 0 Å². The van der Waals surface area contributed by atoms with Gasteiger partial charge in [0.05, 0.1) is 6.04 Å². The van der Waals surface area contributed by atoms with Crippen LogP contribution in [0.5, 0.6) is 0 Å². The fourth-order valence-electron chi connectivity index (χ4n) is 2.46. The minimum Gasteiger partial charge on any atom is -0.271 e. The summed E-state index contributed by atoms with van der Waals surface area (Å²) in [5.74, 6) is 4.39. The molecule has 4 heteroatoms.